The first-order valence-corrected chi connectivity index (χ1v) is 15.1. The third-order valence-electron chi connectivity index (χ3n) is 5.71. The summed E-state index contributed by atoms with van der Waals surface area (Å²) in [7, 11) is -4.13. The molecule has 0 aromatic heterocycles. The zero-order chi connectivity index (χ0) is 29.0. The minimum absolute atomic E-state index is 0.00611. The zero-order valence-corrected chi connectivity index (χ0v) is 25.9. The number of anilines is 1. The summed E-state index contributed by atoms with van der Waals surface area (Å²) in [6, 6.07) is 18.6. The van der Waals surface area contributed by atoms with Gasteiger partial charge >= 0.3 is 0 Å². The summed E-state index contributed by atoms with van der Waals surface area (Å²) >= 11 is 15.7. The number of sulfonamides is 1. The van der Waals surface area contributed by atoms with E-state index in [1.165, 1.54) is 17.0 Å². The Morgan fingerprint density at radius 3 is 2.21 bits per heavy atom. The first-order valence-electron chi connectivity index (χ1n) is 12.1. The molecule has 1 unspecified atom stereocenters. The molecule has 3 aromatic rings. The molecule has 0 radical (unpaired) electrons. The topological polar surface area (TPSA) is 86.8 Å². The van der Waals surface area contributed by atoms with E-state index < -0.39 is 34.1 Å². The second kappa shape index (κ2) is 12.7. The van der Waals surface area contributed by atoms with Gasteiger partial charge in [0.05, 0.1) is 20.6 Å². The number of rotatable bonds is 9. The molecule has 0 fully saturated rings. The molecule has 0 aliphatic carbocycles. The van der Waals surface area contributed by atoms with E-state index in [1.54, 1.807) is 67.6 Å². The number of amides is 2. The molecule has 0 aliphatic heterocycles. The van der Waals surface area contributed by atoms with Crippen LogP contribution in [0.15, 0.2) is 82.2 Å². The van der Waals surface area contributed by atoms with Crippen molar-refractivity contribution in [2.75, 3.05) is 10.8 Å². The van der Waals surface area contributed by atoms with Crippen LogP contribution in [0.4, 0.5) is 5.69 Å². The fraction of sp³-hybridized carbons (Fsp3) is 0.286. The van der Waals surface area contributed by atoms with Gasteiger partial charge in [0.2, 0.25) is 11.8 Å². The van der Waals surface area contributed by atoms with Crippen LogP contribution in [0.25, 0.3) is 0 Å². The second-order valence-electron chi connectivity index (χ2n) is 9.99. The van der Waals surface area contributed by atoms with Gasteiger partial charge in [-0.05, 0) is 75.7 Å². The monoisotopic (exact) mass is 653 g/mol. The zero-order valence-electron chi connectivity index (χ0n) is 22.0. The van der Waals surface area contributed by atoms with Gasteiger partial charge in [-0.2, -0.15) is 0 Å². The Kier molecular flexibility index (Phi) is 10.1. The van der Waals surface area contributed by atoms with Crippen molar-refractivity contribution in [3.63, 3.8) is 0 Å². The molecule has 208 valence electrons. The van der Waals surface area contributed by atoms with Gasteiger partial charge in [0.25, 0.3) is 10.0 Å². The Morgan fingerprint density at radius 1 is 0.949 bits per heavy atom. The minimum atomic E-state index is -4.13. The van der Waals surface area contributed by atoms with Gasteiger partial charge < -0.3 is 10.2 Å². The van der Waals surface area contributed by atoms with E-state index in [0.29, 0.717) is 25.8 Å². The molecule has 0 heterocycles. The Labute approximate surface area is 248 Å². The summed E-state index contributed by atoms with van der Waals surface area (Å²) in [6.45, 7) is 6.58. The molecule has 2 amide bonds. The maximum Gasteiger partial charge on any atom is 0.264 e. The average molecular weight is 655 g/mol. The highest BCUT2D eigenvalue weighted by atomic mass is 79.9. The lowest BCUT2D eigenvalue weighted by Gasteiger charge is -2.33. The summed E-state index contributed by atoms with van der Waals surface area (Å²) in [5.41, 5.74) is 0.388. The molecule has 1 N–H and O–H groups in total. The molecule has 0 saturated carbocycles. The highest BCUT2D eigenvalue weighted by molar-refractivity contribution is 9.10. The third-order valence-corrected chi connectivity index (χ3v) is 8.73. The lowest BCUT2D eigenvalue weighted by Crippen LogP contribution is -2.54. The minimum Gasteiger partial charge on any atom is -0.350 e. The molecular weight excluding hydrogens is 625 g/mol. The van der Waals surface area contributed by atoms with Gasteiger partial charge in [-0.1, -0.05) is 69.5 Å². The fourth-order valence-corrected chi connectivity index (χ4v) is 5.91. The van der Waals surface area contributed by atoms with Crippen LogP contribution in [0.3, 0.4) is 0 Å². The number of carbonyl (C=O) groups is 2. The fourth-order valence-electron chi connectivity index (χ4n) is 3.77. The highest BCUT2D eigenvalue weighted by Gasteiger charge is 2.33. The Balaban J connectivity index is 2.04. The normalized spacial score (nSPS) is 12.5. The van der Waals surface area contributed by atoms with Crippen LogP contribution in [-0.4, -0.2) is 43.3 Å². The van der Waals surface area contributed by atoms with Gasteiger partial charge in [-0.3, -0.25) is 13.9 Å². The lowest BCUT2D eigenvalue weighted by molar-refractivity contribution is -0.140. The first kappa shape index (κ1) is 30.9. The summed E-state index contributed by atoms with van der Waals surface area (Å²) in [5.74, 6) is -0.951. The molecule has 0 saturated heterocycles. The molecule has 3 aromatic carbocycles. The van der Waals surface area contributed by atoms with E-state index in [4.69, 9.17) is 23.2 Å². The van der Waals surface area contributed by atoms with Crippen molar-refractivity contribution in [2.45, 2.75) is 50.7 Å². The standard InChI is InChI=1S/C28H30BrCl2N3O4S/c1-19(27(36)32-28(2,3)4)33(17-20-13-14-24(30)25(31)15-20)26(35)18-34(22-10-8-9-21(29)16-22)39(37,38)23-11-6-5-7-12-23/h5-16,19H,17-18H2,1-4H3,(H,32,36). The van der Waals surface area contributed by atoms with Crippen LogP contribution in [0, 0.1) is 0 Å². The number of halogens is 3. The SMILES string of the molecule is CC(C(=O)NC(C)(C)C)N(Cc1ccc(Cl)c(Cl)c1)C(=O)CN(c1cccc(Br)c1)S(=O)(=O)c1ccccc1. The van der Waals surface area contributed by atoms with E-state index in [0.717, 1.165) is 4.31 Å². The third kappa shape index (κ3) is 8.20. The number of hydrogen-bond acceptors (Lipinski definition) is 4. The van der Waals surface area contributed by atoms with Crippen molar-refractivity contribution in [1.82, 2.24) is 10.2 Å². The van der Waals surface area contributed by atoms with Crippen LogP contribution >= 0.6 is 39.1 Å². The predicted octanol–water partition coefficient (Wildman–Crippen LogP) is 6.28. The van der Waals surface area contributed by atoms with Gasteiger partial charge in [0.1, 0.15) is 12.6 Å². The van der Waals surface area contributed by atoms with Crippen molar-refractivity contribution in [3.05, 3.63) is 92.9 Å². The van der Waals surface area contributed by atoms with Crippen molar-refractivity contribution in [2.24, 2.45) is 0 Å². The number of carbonyl (C=O) groups excluding carboxylic acids is 2. The number of hydrogen-bond donors (Lipinski definition) is 1. The highest BCUT2D eigenvalue weighted by Crippen LogP contribution is 2.28. The lowest BCUT2D eigenvalue weighted by atomic mass is 10.1. The summed E-state index contributed by atoms with van der Waals surface area (Å²) in [5, 5.41) is 3.55. The number of nitrogens with zero attached hydrogens (tertiary/aromatic N) is 2. The van der Waals surface area contributed by atoms with E-state index in [9.17, 15) is 18.0 Å². The molecule has 7 nitrogen and oxygen atoms in total. The Morgan fingerprint density at radius 2 is 1.62 bits per heavy atom. The smallest absolute Gasteiger partial charge is 0.264 e. The van der Waals surface area contributed by atoms with E-state index >= 15 is 0 Å². The van der Waals surface area contributed by atoms with Crippen LogP contribution in [0.1, 0.15) is 33.3 Å². The number of nitrogens with one attached hydrogen (secondary N) is 1. The summed E-state index contributed by atoms with van der Waals surface area (Å²) in [4.78, 5) is 28.4. The molecule has 11 heteroatoms. The molecule has 3 rings (SSSR count). The van der Waals surface area contributed by atoms with Crippen LogP contribution in [-0.2, 0) is 26.2 Å². The maximum absolute atomic E-state index is 13.9. The van der Waals surface area contributed by atoms with Crippen molar-refractivity contribution in [1.29, 1.82) is 0 Å². The van der Waals surface area contributed by atoms with Gasteiger partial charge in [-0.25, -0.2) is 8.42 Å². The summed E-state index contributed by atoms with van der Waals surface area (Å²) < 4.78 is 29.2. The van der Waals surface area contributed by atoms with Gasteiger partial charge in [-0.15, -0.1) is 0 Å². The van der Waals surface area contributed by atoms with E-state index in [-0.39, 0.29) is 17.3 Å². The van der Waals surface area contributed by atoms with Crippen LogP contribution in [0.5, 0.6) is 0 Å². The maximum atomic E-state index is 13.9. The second-order valence-corrected chi connectivity index (χ2v) is 13.6. The number of benzene rings is 3. The van der Waals surface area contributed by atoms with Crippen molar-refractivity contribution < 1.29 is 18.0 Å². The van der Waals surface area contributed by atoms with Crippen molar-refractivity contribution in [3.8, 4) is 0 Å². The van der Waals surface area contributed by atoms with Crippen LogP contribution in [0.2, 0.25) is 10.0 Å². The molecular formula is C28H30BrCl2N3O4S. The predicted molar refractivity (Wildman–Crippen MR) is 159 cm³/mol. The molecule has 39 heavy (non-hydrogen) atoms. The van der Waals surface area contributed by atoms with Crippen LogP contribution < -0.4 is 9.62 Å². The van der Waals surface area contributed by atoms with Gasteiger partial charge in [0, 0.05) is 16.6 Å². The van der Waals surface area contributed by atoms with E-state index in [1.807, 2.05) is 20.8 Å². The van der Waals surface area contributed by atoms with E-state index in [2.05, 4.69) is 21.2 Å². The quantitative estimate of drug-likeness (QED) is 0.294. The largest absolute Gasteiger partial charge is 0.350 e. The van der Waals surface area contributed by atoms with Gasteiger partial charge in [0.15, 0.2) is 0 Å². The molecule has 0 bridgehead atoms. The Bertz CT molecular complexity index is 1450. The molecule has 1 atom stereocenters. The van der Waals surface area contributed by atoms with Crippen molar-refractivity contribution >= 4 is 66.7 Å². The average Bonchev–Trinajstić information content (AvgIpc) is 2.86. The summed E-state index contributed by atoms with van der Waals surface area (Å²) in [6.07, 6.45) is 0. The Hall–Kier alpha value is -2.59. The molecule has 0 aliphatic rings. The molecule has 0 spiro atoms. The first-order chi connectivity index (χ1) is 18.2.